The zero-order chi connectivity index (χ0) is 25.7. The van der Waals surface area contributed by atoms with Crippen LogP contribution in [0.2, 0.25) is 0 Å². The molecule has 0 saturated carbocycles. The number of aliphatic hydroxyl groups excluding tert-OH is 1. The second-order valence-corrected chi connectivity index (χ2v) is 8.44. The highest BCUT2D eigenvalue weighted by atomic mass is 32.2. The van der Waals surface area contributed by atoms with Gasteiger partial charge < -0.3 is 37.6 Å². The largest absolute Gasteiger partial charge is 0.480 e. The van der Waals surface area contributed by atoms with Crippen molar-refractivity contribution in [3.63, 3.8) is 0 Å². The molecule has 0 fully saturated rings. The Kier molecular flexibility index (Phi) is 12.6. The summed E-state index contributed by atoms with van der Waals surface area (Å²) in [5.41, 5.74) is 11.7. The van der Waals surface area contributed by atoms with Gasteiger partial charge in [-0.2, -0.15) is 11.8 Å². The summed E-state index contributed by atoms with van der Waals surface area (Å²) in [5.74, 6) is -4.33. The number of amides is 4. The van der Waals surface area contributed by atoms with Crippen LogP contribution in [0, 0.1) is 0 Å². The summed E-state index contributed by atoms with van der Waals surface area (Å²) in [4.78, 5) is 60.1. The molecule has 0 aliphatic carbocycles. The Bertz CT molecular complexity index is 855. The van der Waals surface area contributed by atoms with Crippen LogP contribution in [0.4, 0.5) is 0 Å². The normalized spacial score (nSPS) is 14.2. The molecular weight excluding hydrogens is 466 g/mol. The molecule has 1 rings (SSSR count). The predicted octanol–water partition coefficient (Wildman–Crippen LogP) is -2.28. The molecule has 1 aromatic rings. The van der Waals surface area contributed by atoms with Gasteiger partial charge in [0.1, 0.15) is 18.1 Å². The van der Waals surface area contributed by atoms with Crippen LogP contribution in [0.15, 0.2) is 30.3 Å². The fourth-order valence-corrected chi connectivity index (χ4v) is 3.36. The number of carboxylic acids is 1. The van der Waals surface area contributed by atoms with E-state index in [2.05, 4.69) is 16.0 Å². The molecule has 34 heavy (non-hydrogen) atoms. The third-order valence-corrected chi connectivity index (χ3v) is 5.36. The minimum absolute atomic E-state index is 0.126. The highest BCUT2D eigenvalue weighted by Crippen LogP contribution is 2.05. The molecule has 0 aliphatic heterocycles. The number of primary amides is 1. The quantitative estimate of drug-likeness (QED) is 0.139. The molecule has 0 aliphatic rings. The molecule has 13 heteroatoms. The van der Waals surface area contributed by atoms with E-state index in [9.17, 15) is 34.2 Å². The minimum Gasteiger partial charge on any atom is -0.480 e. The first kappa shape index (κ1) is 28.9. The number of nitrogens with two attached hydrogens (primary N) is 2. The molecule has 12 nitrogen and oxygen atoms in total. The van der Waals surface area contributed by atoms with Crippen molar-refractivity contribution in [3.8, 4) is 0 Å². The fourth-order valence-electron chi connectivity index (χ4n) is 2.88. The first-order valence-corrected chi connectivity index (χ1v) is 11.8. The number of benzene rings is 1. The molecule has 0 bridgehead atoms. The topological polar surface area (TPSA) is 214 Å². The van der Waals surface area contributed by atoms with E-state index in [1.165, 1.54) is 11.8 Å². The summed E-state index contributed by atoms with van der Waals surface area (Å²) < 4.78 is 0. The molecular formula is C21H31N5O7S. The number of aliphatic hydroxyl groups is 1. The maximum atomic E-state index is 12.7. The van der Waals surface area contributed by atoms with Crippen molar-refractivity contribution in [2.45, 2.75) is 43.4 Å². The van der Waals surface area contributed by atoms with Gasteiger partial charge in [0.25, 0.3) is 0 Å². The Labute approximate surface area is 201 Å². The highest BCUT2D eigenvalue weighted by molar-refractivity contribution is 7.98. The maximum Gasteiger partial charge on any atom is 0.326 e. The van der Waals surface area contributed by atoms with Gasteiger partial charge in [0.2, 0.25) is 23.6 Å². The van der Waals surface area contributed by atoms with E-state index in [4.69, 9.17) is 11.5 Å². The van der Waals surface area contributed by atoms with Gasteiger partial charge in [0.05, 0.1) is 19.1 Å². The summed E-state index contributed by atoms with van der Waals surface area (Å²) in [6.45, 7) is -0.758. The first-order valence-electron chi connectivity index (χ1n) is 10.4. The highest BCUT2D eigenvalue weighted by Gasteiger charge is 2.30. The number of thioether (sulfide) groups is 1. The van der Waals surface area contributed by atoms with Crippen molar-refractivity contribution in [1.29, 1.82) is 0 Å². The van der Waals surface area contributed by atoms with E-state index in [0.717, 1.165) is 5.56 Å². The summed E-state index contributed by atoms with van der Waals surface area (Å²) >= 11 is 1.38. The predicted molar refractivity (Wildman–Crippen MR) is 125 cm³/mol. The summed E-state index contributed by atoms with van der Waals surface area (Å²) in [7, 11) is 0. The van der Waals surface area contributed by atoms with Crippen molar-refractivity contribution in [2.24, 2.45) is 11.5 Å². The average Bonchev–Trinajstić information content (AvgIpc) is 2.79. The van der Waals surface area contributed by atoms with E-state index in [-0.39, 0.29) is 12.8 Å². The van der Waals surface area contributed by atoms with E-state index in [1.54, 1.807) is 30.5 Å². The van der Waals surface area contributed by atoms with Crippen molar-refractivity contribution in [1.82, 2.24) is 16.0 Å². The lowest BCUT2D eigenvalue weighted by Gasteiger charge is -2.24. The van der Waals surface area contributed by atoms with E-state index in [0.29, 0.717) is 5.75 Å². The monoisotopic (exact) mass is 497 g/mol. The Hall–Kier alpha value is -3.16. The van der Waals surface area contributed by atoms with Gasteiger partial charge >= 0.3 is 5.97 Å². The third kappa shape index (κ3) is 10.2. The molecule has 0 aromatic heterocycles. The van der Waals surface area contributed by atoms with Crippen molar-refractivity contribution in [3.05, 3.63) is 35.9 Å². The van der Waals surface area contributed by atoms with Gasteiger partial charge in [-0.15, -0.1) is 0 Å². The summed E-state index contributed by atoms with van der Waals surface area (Å²) in [6, 6.07) is 3.87. The molecule has 9 N–H and O–H groups in total. The van der Waals surface area contributed by atoms with Crippen LogP contribution in [0.25, 0.3) is 0 Å². The van der Waals surface area contributed by atoms with E-state index in [1.807, 2.05) is 6.07 Å². The molecule has 0 spiro atoms. The number of carboxylic acid groups (broad SMARTS) is 1. The smallest absolute Gasteiger partial charge is 0.326 e. The van der Waals surface area contributed by atoms with Crippen molar-refractivity contribution >= 4 is 41.4 Å². The van der Waals surface area contributed by atoms with E-state index >= 15 is 0 Å². The fraction of sp³-hybridized carbons (Fsp3) is 0.476. The standard InChI is InChI=1S/C21H31N5O7S/c1-34-8-7-14(19(30)25-15(21(32)33)10-17(23)28)24-20(31)16(11-27)26-18(29)13(22)9-12-5-3-2-4-6-12/h2-6,13-16,27H,7-11,22H2,1H3,(H2,23,28)(H,24,31)(H,25,30)(H,26,29)(H,32,33). The van der Waals surface area contributed by atoms with Gasteiger partial charge in [-0.1, -0.05) is 30.3 Å². The van der Waals surface area contributed by atoms with Crippen LogP contribution in [-0.4, -0.2) is 82.6 Å². The van der Waals surface area contributed by atoms with Crippen LogP contribution in [0.5, 0.6) is 0 Å². The number of hydrogen-bond acceptors (Lipinski definition) is 8. The van der Waals surface area contributed by atoms with Gasteiger partial charge in [0, 0.05) is 0 Å². The summed E-state index contributed by atoms with van der Waals surface area (Å²) in [5, 5.41) is 25.7. The Morgan fingerprint density at radius 1 is 0.941 bits per heavy atom. The molecule has 1 aromatic carbocycles. The Balaban J connectivity index is 2.81. The van der Waals surface area contributed by atoms with Gasteiger partial charge in [-0.25, -0.2) is 4.79 Å². The summed E-state index contributed by atoms with van der Waals surface area (Å²) in [6.07, 6.45) is 1.48. The second kappa shape index (κ2) is 14.9. The van der Waals surface area contributed by atoms with Gasteiger partial charge in [-0.3, -0.25) is 19.2 Å². The zero-order valence-corrected chi connectivity index (χ0v) is 19.5. The SMILES string of the molecule is CSCCC(NC(=O)C(CO)NC(=O)C(N)Cc1ccccc1)C(=O)NC(CC(N)=O)C(=O)O. The third-order valence-electron chi connectivity index (χ3n) is 4.71. The van der Waals surface area contributed by atoms with Crippen molar-refractivity contribution in [2.75, 3.05) is 18.6 Å². The van der Waals surface area contributed by atoms with Crippen LogP contribution in [0.1, 0.15) is 18.4 Å². The molecule has 0 saturated heterocycles. The van der Waals surface area contributed by atoms with Crippen LogP contribution < -0.4 is 27.4 Å². The molecule has 0 radical (unpaired) electrons. The molecule has 0 heterocycles. The number of aliphatic carboxylic acids is 1. The number of rotatable bonds is 15. The molecule has 188 valence electrons. The lowest BCUT2D eigenvalue weighted by molar-refractivity contribution is -0.143. The number of nitrogens with one attached hydrogen (secondary N) is 3. The lowest BCUT2D eigenvalue weighted by Crippen LogP contribution is -2.58. The molecule has 4 atom stereocenters. The van der Waals surface area contributed by atoms with Crippen LogP contribution >= 0.6 is 11.8 Å². The van der Waals surface area contributed by atoms with Crippen LogP contribution in [0.3, 0.4) is 0 Å². The minimum atomic E-state index is -1.57. The first-order chi connectivity index (χ1) is 16.1. The number of carbonyl (C=O) groups is 5. The number of carbonyl (C=O) groups excluding carboxylic acids is 4. The van der Waals surface area contributed by atoms with Gasteiger partial charge in [0.15, 0.2) is 0 Å². The second-order valence-electron chi connectivity index (χ2n) is 7.45. The number of hydrogen-bond donors (Lipinski definition) is 7. The van der Waals surface area contributed by atoms with E-state index < -0.39 is 66.8 Å². The maximum absolute atomic E-state index is 12.7. The Morgan fingerprint density at radius 3 is 2.03 bits per heavy atom. The van der Waals surface area contributed by atoms with Crippen LogP contribution in [-0.2, 0) is 30.4 Å². The zero-order valence-electron chi connectivity index (χ0n) is 18.7. The lowest BCUT2D eigenvalue weighted by atomic mass is 10.1. The molecule has 4 unspecified atom stereocenters. The Morgan fingerprint density at radius 2 is 1.50 bits per heavy atom. The van der Waals surface area contributed by atoms with Crippen molar-refractivity contribution < 1.29 is 34.2 Å². The van der Waals surface area contributed by atoms with Gasteiger partial charge in [-0.05, 0) is 30.4 Å². The molecule has 4 amide bonds. The average molecular weight is 498 g/mol.